The molecule has 1 aromatic carbocycles. The predicted molar refractivity (Wildman–Crippen MR) is 79.4 cm³/mol. The lowest BCUT2D eigenvalue weighted by Crippen LogP contribution is -2.46. The minimum absolute atomic E-state index is 0.323. The van der Waals surface area contributed by atoms with Gasteiger partial charge >= 0.3 is 12.0 Å². The van der Waals surface area contributed by atoms with Crippen LogP contribution in [0.15, 0.2) is 24.3 Å². The number of carbonyl (C=O) groups excluding carboxylic acids is 3. The van der Waals surface area contributed by atoms with Crippen LogP contribution in [-0.4, -0.2) is 30.6 Å². The van der Waals surface area contributed by atoms with Crippen molar-refractivity contribution in [2.45, 2.75) is 20.0 Å². The van der Waals surface area contributed by atoms with Gasteiger partial charge in [-0.2, -0.15) is 0 Å². The number of benzene rings is 1. The molecule has 0 spiro atoms. The summed E-state index contributed by atoms with van der Waals surface area (Å²) in [7, 11) is 0. The van der Waals surface area contributed by atoms with Crippen LogP contribution < -0.4 is 15.8 Å². The number of nitrogens with one attached hydrogen (secondary N) is 1. The number of para-hydroxylation sites is 1. The topological polar surface area (TPSA) is 108 Å². The van der Waals surface area contributed by atoms with Gasteiger partial charge in [0.2, 0.25) is 0 Å². The van der Waals surface area contributed by atoms with Crippen LogP contribution in [0.25, 0.3) is 0 Å². The summed E-state index contributed by atoms with van der Waals surface area (Å²) in [6.07, 6.45) is -1.14. The molecule has 0 fully saturated rings. The molecule has 0 aliphatic carbocycles. The van der Waals surface area contributed by atoms with Crippen molar-refractivity contribution in [3.63, 3.8) is 0 Å². The zero-order valence-corrected chi connectivity index (χ0v) is 12.9. The lowest BCUT2D eigenvalue weighted by Gasteiger charge is -2.19. The van der Waals surface area contributed by atoms with E-state index in [4.69, 9.17) is 26.8 Å². The number of ether oxygens (including phenoxy) is 2. The van der Waals surface area contributed by atoms with E-state index in [0.717, 1.165) is 0 Å². The molecule has 22 heavy (non-hydrogen) atoms. The van der Waals surface area contributed by atoms with Gasteiger partial charge < -0.3 is 15.2 Å². The van der Waals surface area contributed by atoms with Crippen molar-refractivity contribution >= 4 is 29.5 Å². The van der Waals surface area contributed by atoms with Crippen molar-refractivity contribution in [3.05, 3.63) is 29.3 Å². The number of urea groups is 1. The molecule has 0 aromatic heterocycles. The van der Waals surface area contributed by atoms with Crippen molar-refractivity contribution in [2.75, 3.05) is 6.61 Å². The Morgan fingerprint density at radius 1 is 1.27 bits per heavy atom. The number of amides is 3. The van der Waals surface area contributed by atoms with Gasteiger partial charge in [-0.25, -0.2) is 9.59 Å². The first kappa shape index (κ1) is 17.8. The molecule has 0 aliphatic heterocycles. The van der Waals surface area contributed by atoms with Crippen LogP contribution >= 0.6 is 11.6 Å². The van der Waals surface area contributed by atoms with Crippen molar-refractivity contribution < 1.29 is 23.9 Å². The second-order valence-corrected chi connectivity index (χ2v) is 5.13. The second-order valence-electron chi connectivity index (χ2n) is 4.73. The molecule has 7 nitrogen and oxygen atoms in total. The van der Waals surface area contributed by atoms with Gasteiger partial charge in [-0.1, -0.05) is 37.6 Å². The average Bonchev–Trinajstić information content (AvgIpc) is 2.42. The smallest absolute Gasteiger partial charge is 0.344 e. The summed E-state index contributed by atoms with van der Waals surface area (Å²) in [4.78, 5) is 34.1. The number of rotatable bonds is 6. The summed E-state index contributed by atoms with van der Waals surface area (Å²) in [5.41, 5.74) is 4.86. The molecule has 3 amide bonds. The standard InChI is InChI=1S/C14H17ClN2O5/c1-8(2)12(13(19)17-14(16)20)22-11(18)7-21-10-6-4-3-5-9(10)15/h3-6,8,12H,7H2,1-2H3,(H3,16,17,19,20)/t12-/m0/s1. The highest BCUT2D eigenvalue weighted by Crippen LogP contribution is 2.23. The largest absolute Gasteiger partial charge is 0.480 e. The monoisotopic (exact) mass is 328 g/mol. The summed E-state index contributed by atoms with van der Waals surface area (Å²) in [5, 5.41) is 2.22. The molecular formula is C14H17ClN2O5. The molecule has 0 aliphatic rings. The van der Waals surface area contributed by atoms with Gasteiger partial charge in [-0.15, -0.1) is 0 Å². The summed E-state index contributed by atoms with van der Waals surface area (Å²) in [5.74, 6) is -1.57. The van der Waals surface area contributed by atoms with Crippen LogP contribution in [-0.2, 0) is 14.3 Å². The maximum absolute atomic E-state index is 11.7. The maximum atomic E-state index is 11.7. The van der Waals surface area contributed by atoms with Gasteiger partial charge in [0.1, 0.15) is 5.75 Å². The fourth-order valence-corrected chi connectivity index (χ4v) is 1.75. The highest BCUT2D eigenvalue weighted by molar-refractivity contribution is 6.32. The Labute approximate surface area is 132 Å². The first-order valence-corrected chi connectivity index (χ1v) is 6.86. The molecular weight excluding hydrogens is 312 g/mol. The summed E-state index contributed by atoms with van der Waals surface area (Å²) in [6.45, 7) is 2.90. The molecule has 0 saturated carbocycles. The van der Waals surface area contributed by atoms with E-state index in [2.05, 4.69) is 0 Å². The summed E-state index contributed by atoms with van der Waals surface area (Å²) in [6, 6.07) is 5.61. The lowest BCUT2D eigenvalue weighted by molar-refractivity contribution is -0.160. The molecule has 120 valence electrons. The number of primary amides is 1. The molecule has 0 bridgehead atoms. The molecule has 1 aromatic rings. The van der Waals surface area contributed by atoms with Crippen molar-refractivity contribution in [3.8, 4) is 5.75 Å². The molecule has 0 heterocycles. The van der Waals surface area contributed by atoms with Gasteiger partial charge in [0.15, 0.2) is 12.7 Å². The van der Waals surface area contributed by atoms with Gasteiger partial charge in [0.25, 0.3) is 5.91 Å². The summed E-state index contributed by atoms with van der Waals surface area (Å²) < 4.78 is 10.2. The molecule has 0 saturated heterocycles. The van der Waals surface area contributed by atoms with Crippen LogP contribution in [0.1, 0.15) is 13.8 Å². The van der Waals surface area contributed by atoms with E-state index < -0.39 is 30.6 Å². The third-order valence-electron chi connectivity index (χ3n) is 2.55. The fourth-order valence-electron chi connectivity index (χ4n) is 1.56. The van der Waals surface area contributed by atoms with Crippen LogP contribution in [0.4, 0.5) is 4.79 Å². The van der Waals surface area contributed by atoms with Crippen LogP contribution in [0, 0.1) is 5.92 Å². The van der Waals surface area contributed by atoms with Gasteiger partial charge in [0, 0.05) is 0 Å². The Bertz CT molecular complexity index is 562. The van der Waals surface area contributed by atoms with Crippen LogP contribution in [0.3, 0.4) is 0 Å². The van der Waals surface area contributed by atoms with Gasteiger partial charge in [-0.3, -0.25) is 10.1 Å². The van der Waals surface area contributed by atoms with Gasteiger partial charge in [-0.05, 0) is 18.1 Å². The molecule has 1 atom stereocenters. The van der Waals surface area contributed by atoms with Crippen molar-refractivity contribution in [1.82, 2.24) is 5.32 Å². The van der Waals surface area contributed by atoms with Gasteiger partial charge in [0.05, 0.1) is 5.02 Å². The Morgan fingerprint density at radius 3 is 2.45 bits per heavy atom. The molecule has 1 rings (SSSR count). The number of carbonyl (C=O) groups is 3. The number of hydrogen-bond acceptors (Lipinski definition) is 5. The number of hydrogen-bond donors (Lipinski definition) is 2. The second kappa shape index (κ2) is 8.23. The summed E-state index contributed by atoms with van der Waals surface area (Å²) >= 11 is 5.88. The van der Waals surface area contributed by atoms with Crippen molar-refractivity contribution in [1.29, 1.82) is 0 Å². The zero-order chi connectivity index (χ0) is 16.7. The number of imide groups is 1. The third kappa shape index (κ3) is 5.61. The average molecular weight is 329 g/mol. The van der Waals surface area contributed by atoms with E-state index in [1.165, 1.54) is 0 Å². The molecule has 0 unspecified atom stereocenters. The fraction of sp³-hybridized carbons (Fsp3) is 0.357. The predicted octanol–water partition coefficient (Wildman–Crippen LogP) is 1.48. The number of esters is 1. The van der Waals surface area contributed by atoms with E-state index >= 15 is 0 Å². The Morgan fingerprint density at radius 2 is 1.91 bits per heavy atom. The third-order valence-corrected chi connectivity index (χ3v) is 2.86. The first-order valence-electron chi connectivity index (χ1n) is 6.48. The quantitative estimate of drug-likeness (QED) is 0.769. The minimum atomic E-state index is -1.14. The van der Waals surface area contributed by atoms with Crippen LogP contribution in [0.5, 0.6) is 5.75 Å². The maximum Gasteiger partial charge on any atom is 0.344 e. The Balaban J connectivity index is 2.59. The lowest BCUT2D eigenvalue weighted by atomic mass is 10.1. The molecule has 3 N–H and O–H groups in total. The van der Waals surface area contributed by atoms with Crippen LogP contribution in [0.2, 0.25) is 5.02 Å². The van der Waals surface area contributed by atoms with E-state index in [1.807, 2.05) is 5.32 Å². The Hall–Kier alpha value is -2.28. The zero-order valence-electron chi connectivity index (χ0n) is 12.2. The van der Waals surface area contributed by atoms with Crippen molar-refractivity contribution in [2.24, 2.45) is 11.7 Å². The highest BCUT2D eigenvalue weighted by atomic mass is 35.5. The SMILES string of the molecule is CC(C)[C@H](OC(=O)COc1ccccc1Cl)C(=O)NC(N)=O. The number of nitrogens with two attached hydrogens (primary N) is 1. The normalized spacial score (nSPS) is 11.6. The van der Waals surface area contributed by atoms with E-state index in [0.29, 0.717) is 10.8 Å². The number of halogens is 1. The van der Waals surface area contributed by atoms with E-state index in [-0.39, 0.29) is 5.92 Å². The molecule has 8 heteroatoms. The Kier molecular flexibility index (Phi) is 6.65. The highest BCUT2D eigenvalue weighted by Gasteiger charge is 2.27. The van der Waals surface area contributed by atoms with E-state index in [1.54, 1.807) is 38.1 Å². The molecule has 0 radical (unpaired) electrons. The minimum Gasteiger partial charge on any atom is -0.480 e. The van der Waals surface area contributed by atoms with E-state index in [9.17, 15) is 14.4 Å². The first-order chi connectivity index (χ1) is 10.3.